The normalized spacial score (nSPS) is 13.0. The van der Waals surface area contributed by atoms with Crippen molar-refractivity contribution >= 4 is 50.7 Å². The predicted octanol–water partition coefficient (Wildman–Crippen LogP) is 4.08. The third-order valence-electron chi connectivity index (χ3n) is 4.40. The van der Waals surface area contributed by atoms with E-state index in [4.69, 9.17) is 21.1 Å². The summed E-state index contributed by atoms with van der Waals surface area (Å²) in [7, 11) is 1.70. The monoisotopic (exact) mass is 495 g/mol. The topological polar surface area (TPSA) is 79.9 Å². The molecule has 1 heterocycles. The van der Waals surface area contributed by atoms with Crippen LogP contribution in [0.4, 0.5) is 11.4 Å². The second-order valence-corrected chi connectivity index (χ2v) is 8.38. The Morgan fingerprint density at radius 1 is 1.03 bits per heavy atom. The molecule has 0 saturated carbocycles. The van der Waals surface area contributed by atoms with Crippen molar-refractivity contribution in [1.29, 1.82) is 0 Å². The molecular formula is C21H23BrClN3O4. The lowest BCUT2D eigenvalue weighted by molar-refractivity contribution is -0.119. The van der Waals surface area contributed by atoms with Crippen molar-refractivity contribution in [3.63, 3.8) is 0 Å². The molecule has 0 unspecified atom stereocenters. The third kappa shape index (κ3) is 6.10. The first-order chi connectivity index (χ1) is 14.3. The highest BCUT2D eigenvalue weighted by Crippen LogP contribution is 2.37. The van der Waals surface area contributed by atoms with Gasteiger partial charge in [0.05, 0.1) is 37.0 Å². The van der Waals surface area contributed by atoms with Crippen LogP contribution in [0.15, 0.2) is 34.8 Å². The maximum absolute atomic E-state index is 12.4. The van der Waals surface area contributed by atoms with Crippen LogP contribution < -0.4 is 20.1 Å². The van der Waals surface area contributed by atoms with Crippen LogP contribution in [0, 0.1) is 6.92 Å². The molecule has 2 amide bonds. The van der Waals surface area contributed by atoms with E-state index in [9.17, 15) is 9.59 Å². The number of anilines is 2. The molecule has 0 fully saturated rings. The molecule has 30 heavy (non-hydrogen) atoms. The molecule has 0 aliphatic carbocycles. The Balaban J connectivity index is 1.54. The van der Waals surface area contributed by atoms with Crippen LogP contribution in [0.1, 0.15) is 12.0 Å². The van der Waals surface area contributed by atoms with Crippen LogP contribution in [-0.4, -0.2) is 50.1 Å². The van der Waals surface area contributed by atoms with Crippen molar-refractivity contribution in [2.45, 2.75) is 13.3 Å². The zero-order chi connectivity index (χ0) is 21.7. The SMILES string of the molecule is Cc1cc(Br)ccc1NC(=O)CN(C)CC(=O)Nc1cc2c(cc1Cl)OCCCO2. The number of halogens is 2. The highest BCUT2D eigenvalue weighted by atomic mass is 79.9. The second-order valence-electron chi connectivity index (χ2n) is 7.06. The van der Waals surface area contributed by atoms with E-state index in [1.807, 2.05) is 25.1 Å². The molecule has 7 nitrogen and oxygen atoms in total. The Kier molecular flexibility index (Phi) is 7.58. The summed E-state index contributed by atoms with van der Waals surface area (Å²) in [5, 5.41) is 5.98. The van der Waals surface area contributed by atoms with E-state index in [0.29, 0.717) is 35.4 Å². The minimum Gasteiger partial charge on any atom is -0.490 e. The smallest absolute Gasteiger partial charge is 0.238 e. The molecule has 3 rings (SSSR count). The van der Waals surface area contributed by atoms with Gasteiger partial charge in [-0.25, -0.2) is 0 Å². The summed E-state index contributed by atoms with van der Waals surface area (Å²) in [5.41, 5.74) is 2.12. The Labute approximate surface area is 188 Å². The zero-order valence-electron chi connectivity index (χ0n) is 16.8. The fourth-order valence-corrected chi connectivity index (χ4v) is 3.65. The van der Waals surface area contributed by atoms with Gasteiger partial charge in [0.15, 0.2) is 11.5 Å². The van der Waals surface area contributed by atoms with Gasteiger partial charge in [-0.05, 0) is 37.7 Å². The molecule has 0 bridgehead atoms. The molecule has 0 saturated heterocycles. The molecule has 0 spiro atoms. The summed E-state index contributed by atoms with van der Waals surface area (Å²) < 4.78 is 12.2. The largest absolute Gasteiger partial charge is 0.490 e. The lowest BCUT2D eigenvalue weighted by Gasteiger charge is -2.17. The minimum atomic E-state index is -0.290. The van der Waals surface area contributed by atoms with E-state index in [-0.39, 0.29) is 24.9 Å². The molecule has 2 N–H and O–H groups in total. The number of nitrogens with zero attached hydrogens (tertiary/aromatic N) is 1. The first-order valence-corrected chi connectivity index (χ1v) is 10.6. The minimum absolute atomic E-state index is 0.0253. The average molecular weight is 497 g/mol. The molecular weight excluding hydrogens is 474 g/mol. The van der Waals surface area contributed by atoms with Gasteiger partial charge in [-0.15, -0.1) is 0 Å². The zero-order valence-corrected chi connectivity index (χ0v) is 19.1. The van der Waals surface area contributed by atoms with Gasteiger partial charge in [0.1, 0.15) is 0 Å². The van der Waals surface area contributed by atoms with Gasteiger partial charge in [-0.1, -0.05) is 27.5 Å². The molecule has 0 atom stereocenters. The third-order valence-corrected chi connectivity index (χ3v) is 5.21. The number of benzene rings is 2. The summed E-state index contributed by atoms with van der Waals surface area (Å²) in [4.78, 5) is 26.3. The van der Waals surface area contributed by atoms with Crippen molar-refractivity contribution in [2.24, 2.45) is 0 Å². The molecule has 1 aliphatic rings. The summed E-state index contributed by atoms with van der Waals surface area (Å²) in [6, 6.07) is 8.90. The quantitative estimate of drug-likeness (QED) is 0.630. The molecule has 0 radical (unpaired) electrons. The molecule has 2 aromatic carbocycles. The van der Waals surface area contributed by atoms with Gasteiger partial charge >= 0.3 is 0 Å². The number of likely N-dealkylation sites (N-methyl/N-ethyl adjacent to an activating group) is 1. The van der Waals surface area contributed by atoms with Gasteiger partial charge < -0.3 is 20.1 Å². The van der Waals surface area contributed by atoms with E-state index in [2.05, 4.69) is 26.6 Å². The molecule has 9 heteroatoms. The Hall–Kier alpha value is -2.29. The molecule has 160 valence electrons. The van der Waals surface area contributed by atoms with Gasteiger partial charge in [0, 0.05) is 28.7 Å². The van der Waals surface area contributed by atoms with Crippen LogP contribution in [0.3, 0.4) is 0 Å². The van der Waals surface area contributed by atoms with Gasteiger partial charge in [-0.2, -0.15) is 0 Å². The van der Waals surface area contributed by atoms with Gasteiger partial charge in [-0.3, -0.25) is 14.5 Å². The van der Waals surface area contributed by atoms with Gasteiger partial charge in [0.2, 0.25) is 11.8 Å². The maximum Gasteiger partial charge on any atom is 0.238 e. The summed E-state index contributed by atoms with van der Waals surface area (Å²) in [6.07, 6.45) is 0.778. The lowest BCUT2D eigenvalue weighted by Crippen LogP contribution is -2.36. The van der Waals surface area contributed by atoms with E-state index >= 15 is 0 Å². The van der Waals surface area contributed by atoms with Crippen molar-refractivity contribution in [1.82, 2.24) is 4.90 Å². The van der Waals surface area contributed by atoms with E-state index in [1.54, 1.807) is 24.1 Å². The number of amides is 2. The number of carbonyl (C=O) groups excluding carboxylic acids is 2. The first-order valence-electron chi connectivity index (χ1n) is 9.45. The fraction of sp³-hybridized carbons (Fsp3) is 0.333. The van der Waals surface area contributed by atoms with Crippen molar-refractivity contribution in [3.8, 4) is 11.5 Å². The number of aryl methyl sites for hydroxylation is 1. The summed E-state index contributed by atoms with van der Waals surface area (Å²) in [6.45, 7) is 3.10. The Bertz CT molecular complexity index is 954. The van der Waals surface area contributed by atoms with Gasteiger partial charge in [0.25, 0.3) is 0 Å². The van der Waals surface area contributed by atoms with E-state index < -0.39 is 0 Å². The standard InChI is InChI=1S/C21H23BrClN3O4/c1-13-8-14(22)4-5-16(13)24-20(27)11-26(2)12-21(28)25-17-10-19-18(9-15(17)23)29-6-3-7-30-19/h4-5,8-10H,3,6-7,11-12H2,1-2H3,(H,24,27)(H,25,28). The average Bonchev–Trinajstić information content (AvgIpc) is 2.89. The number of ether oxygens (including phenoxy) is 2. The Morgan fingerprint density at radius 3 is 2.27 bits per heavy atom. The summed E-state index contributed by atoms with van der Waals surface area (Å²) in [5.74, 6) is 0.614. The lowest BCUT2D eigenvalue weighted by atomic mass is 10.2. The Morgan fingerprint density at radius 2 is 1.63 bits per heavy atom. The fourth-order valence-electron chi connectivity index (χ4n) is 2.97. The van der Waals surface area contributed by atoms with Crippen LogP contribution >= 0.6 is 27.5 Å². The van der Waals surface area contributed by atoms with Crippen molar-refractivity contribution in [2.75, 3.05) is 44.0 Å². The second kappa shape index (κ2) is 10.1. The number of carbonyl (C=O) groups is 2. The van der Waals surface area contributed by atoms with Crippen molar-refractivity contribution in [3.05, 3.63) is 45.4 Å². The first kappa shape index (κ1) is 22.4. The number of nitrogens with one attached hydrogen (secondary N) is 2. The van der Waals surface area contributed by atoms with E-state index in [1.165, 1.54) is 0 Å². The number of hydrogen-bond donors (Lipinski definition) is 2. The molecule has 0 aromatic heterocycles. The highest BCUT2D eigenvalue weighted by Gasteiger charge is 2.17. The number of rotatable bonds is 6. The maximum atomic E-state index is 12.4. The highest BCUT2D eigenvalue weighted by molar-refractivity contribution is 9.10. The molecule has 1 aliphatic heterocycles. The summed E-state index contributed by atoms with van der Waals surface area (Å²) >= 11 is 9.66. The number of hydrogen-bond acceptors (Lipinski definition) is 5. The van der Waals surface area contributed by atoms with Crippen LogP contribution in [-0.2, 0) is 9.59 Å². The predicted molar refractivity (Wildman–Crippen MR) is 121 cm³/mol. The molecule has 2 aromatic rings. The van der Waals surface area contributed by atoms with Crippen LogP contribution in [0.2, 0.25) is 5.02 Å². The number of fused-ring (bicyclic) bond motifs is 1. The van der Waals surface area contributed by atoms with Crippen LogP contribution in [0.25, 0.3) is 0 Å². The van der Waals surface area contributed by atoms with E-state index in [0.717, 1.165) is 22.1 Å². The van der Waals surface area contributed by atoms with Crippen molar-refractivity contribution < 1.29 is 19.1 Å². The van der Waals surface area contributed by atoms with Crippen LogP contribution in [0.5, 0.6) is 11.5 Å².